The lowest BCUT2D eigenvalue weighted by Crippen LogP contribution is -2.76. The third-order valence-corrected chi connectivity index (χ3v) is 33.0. The van der Waals surface area contributed by atoms with Gasteiger partial charge in [-0.25, -0.2) is 0 Å². The summed E-state index contributed by atoms with van der Waals surface area (Å²) in [6.45, 7) is 9.11. The summed E-state index contributed by atoms with van der Waals surface area (Å²) in [6.07, 6.45) is 13.5. The molecule has 10 heterocycles. The molecular weight excluding hydrogens is 1430 g/mol. The average molecular weight is 1530 g/mol. The summed E-state index contributed by atoms with van der Waals surface area (Å²) in [5.41, 5.74) is 6.20. The van der Waals surface area contributed by atoms with Crippen molar-refractivity contribution >= 4 is 28.9 Å². The van der Waals surface area contributed by atoms with E-state index in [1.807, 2.05) is 43.5 Å². The van der Waals surface area contributed by atoms with E-state index in [-0.39, 0.29) is 87.3 Å². The fraction of sp³-hybridized carbons (Fsp3) is 0.584. The summed E-state index contributed by atoms with van der Waals surface area (Å²) in [7, 11) is 11.9. The summed E-state index contributed by atoms with van der Waals surface area (Å²) in [5, 5.41) is 65.9. The molecule has 5 spiro atoms. The van der Waals surface area contributed by atoms with E-state index in [1.165, 1.54) is 22.3 Å². The van der Waals surface area contributed by atoms with E-state index in [4.69, 9.17) is 33.2 Å². The Balaban J connectivity index is 0.0000000884. The van der Waals surface area contributed by atoms with E-state index in [2.05, 4.69) is 64.4 Å². The molecule has 10 bridgehead atoms. The molecule has 590 valence electrons. The van der Waals surface area contributed by atoms with Gasteiger partial charge in [-0.15, -0.1) is 6.58 Å². The van der Waals surface area contributed by atoms with Crippen molar-refractivity contribution in [2.75, 3.05) is 81.7 Å². The van der Waals surface area contributed by atoms with Crippen molar-refractivity contribution in [2.45, 2.75) is 233 Å². The van der Waals surface area contributed by atoms with Crippen LogP contribution in [-0.4, -0.2) is 243 Å². The van der Waals surface area contributed by atoms with E-state index >= 15 is 0 Å². The zero-order valence-corrected chi connectivity index (χ0v) is 64.7. The van der Waals surface area contributed by atoms with E-state index < -0.39 is 51.4 Å². The number of nitrogens with zero attached hydrogens (tertiary/aromatic N) is 5. The number of hydrogen-bond donors (Lipinski definition) is 6. The van der Waals surface area contributed by atoms with Crippen LogP contribution in [0.2, 0.25) is 0 Å². The van der Waals surface area contributed by atoms with Crippen molar-refractivity contribution in [2.24, 2.45) is 11.8 Å². The minimum absolute atomic E-state index is 0.00319. The zero-order valence-electron chi connectivity index (χ0n) is 64.7. The number of carbonyl (C=O) groups excluding carboxylic acids is 5. The minimum Gasteiger partial charge on any atom is -0.504 e. The highest BCUT2D eigenvalue weighted by molar-refractivity contribution is 5.93. The van der Waals surface area contributed by atoms with Crippen LogP contribution in [0.25, 0.3) is 0 Å². The number of aliphatic hydroxyl groups is 3. The Morgan fingerprint density at radius 3 is 1.17 bits per heavy atom. The molecule has 0 radical (unpaired) electrons. The van der Waals surface area contributed by atoms with Crippen LogP contribution in [0.4, 0.5) is 0 Å². The summed E-state index contributed by atoms with van der Waals surface area (Å²) in [4.78, 5) is 74.6. The standard InChI is InChI=1S/C19H21NO4.C18H21NO4.C18H21NO3.C17H19NO4.C17H19NO3/c1-2-8-20-9-7-18-15-11-3-4-12(21)16(15)24-17(18)13(22)5-6-19(18,23)14(20)10-11;1-19-8-7-17-14-10-3-4-12(22-2)15(14)23-16(17)11(20)5-6-18(17,21)13(19)9-10;1-19-8-7-18-11-4-5-13(20)17(18)22-16-14(21-2)6-3-10(15(16)18)9-12(11)19;1-18-7-6-16-13-9-2-3-10(19)14(13)22-15(16)11(20)4-5-17(16,21)12(18)8-9;1-18-7-6-17-10-3-5-13(20)16(17)21-15-12(19)4-2-9(14(15)17)8-11(10)18/h2-4,14,17,21,23H,1,5-10H2;3-4,13,16,21H,5-9H2,1-2H3;3,6,11-12,17H,4-5,7-9H2,1-2H3;2-3,12,15,19,21H,4-8H2,1H3;2,4,10-11,16,19H,3,5-8H2,1H3/t14?,17?,18-,19+;13?,16?,17-,18+;11-,12?,17?,18-;12?,15?,16-,17+;10-,11?,16?,17-/m00000/s1. The Morgan fingerprint density at radius 2 is 0.732 bits per heavy atom. The molecule has 0 aromatic heterocycles. The number of phenols is 3. The molecular formula is C89H101N5O18. The molecule has 23 nitrogen and oxygen atoms in total. The van der Waals surface area contributed by atoms with Gasteiger partial charge in [0.15, 0.2) is 117 Å². The van der Waals surface area contributed by atoms with Crippen LogP contribution in [0.1, 0.15) is 152 Å². The van der Waals surface area contributed by atoms with Crippen molar-refractivity contribution in [1.29, 1.82) is 0 Å². The molecule has 0 amide bonds. The van der Waals surface area contributed by atoms with Crippen molar-refractivity contribution in [3.05, 3.63) is 129 Å². The molecule has 20 aliphatic rings. The first-order chi connectivity index (χ1) is 53.8. The third kappa shape index (κ3) is 8.61. The van der Waals surface area contributed by atoms with E-state index in [1.54, 1.807) is 32.4 Å². The van der Waals surface area contributed by atoms with Crippen LogP contribution < -0.4 is 33.2 Å². The molecule has 6 N–H and O–H groups in total. The number of likely N-dealkylation sites (tertiary alicyclic amines) is 5. The molecule has 25 rings (SSSR count). The molecule has 5 aromatic carbocycles. The Bertz CT molecular complexity index is 4990. The molecule has 20 atom stereocenters. The van der Waals surface area contributed by atoms with Gasteiger partial charge in [0, 0.05) is 114 Å². The number of rotatable bonds is 4. The number of ether oxygens (including phenoxy) is 7. The Hall–Kier alpha value is -8.13. The maximum absolute atomic E-state index is 12.7. The first-order valence-corrected chi connectivity index (χ1v) is 41.1. The number of phenolic OH excluding ortho intramolecular Hbond substituents is 3. The largest absolute Gasteiger partial charge is 0.504 e. The fourth-order valence-electron chi connectivity index (χ4n) is 28.2. The lowest BCUT2D eigenvalue weighted by Gasteiger charge is -2.62. The second-order valence-electron chi connectivity index (χ2n) is 36.6. The summed E-state index contributed by atoms with van der Waals surface area (Å²) >= 11 is 0. The highest BCUT2D eigenvalue weighted by Gasteiger charge is 2.77. The van der Waals surface area contributed by atoms with Gasteiger partial charge in [0.25, 0.3) is 0 Å². The van der Waals surface area contributed by atoms with Crippen LogP contribution in [0.15, 0.2) is 73.3 Å². The van der Waals surface area contributed by atoms with Crippen LogP contribution >= 0.6 is 0 Å². The second kappa shape index (κ2) is 24.2. The summed E-state index contributed by atoms with van der Waals surface area (Å²) in [5.74, 6) is 6.51. The predicted octanol–water partition coefficient (Wildman–Crippen LogP) is 6.66. The van der Waals surface area contributed by atoms with Crippen molar-refractivity contribution in [1.82, 2.24) is 24.5 Å². The number of likely N-dealkylation sites (N-methyl/N-ethyl adjacent to an activating group) is 4. The van der Waals surface area contributed by atoms with Crippen LogP contribution in [-0.2, 0) is 83.2 Å². The van der Waals surface area contributed by atoms with Crippen LogP contribution in [0, 0.1) is 11.8 Å². The number of aromatic hydroxyl groups is 3. The van der Waals surface area contributed by atoms with Gasteiger partial charge >= 0.3 is 0 Å². The SMILES string of the molecule is C=CCN1CC[C@]23c4c5ccc(O)c4OC2C(=O)CC[C@@]3(O)C1C5.CN1CC[C@]23c4c5ccc(O)c4OC2C(=O)CC[C@@]3(O)C1C5.CN1CC[C@]23c4c5ccc(O)c4OC2C(=O)CC[C@H]3C1C5.COc1ccc2c3c1OC1C(=O)CC[C@@]4(O)C(C2)N(C)CC[C@]314.COc1ccc2c3c1OC1C(=O)CC[C@H]4C(C2)N(C)CC[C@]314. The van der Waals surface area contributed by atoms with Gasteiger partial charge in [-0.1, -0.05) is 36.4 Å². The monoisotopic (exact) mass is 1530 g/mol. The molecule has 5 saturated heterocycles. The summed E-state index contributed by atoms with van der Waals surface area (Å²) < 4.78 is 41.4. The molecule has 10 unspecified atom stereocenters. The maximum atomic E-state index is 12.7. The molecule has 10 fully saturated rings. The van der Waals surface area contributed by atoms with Crippen molar-refractivity contribution in [3.8, 4) is 57.5 Å². The van der Waals surface area contributed by atoms with E-state index in [0.717, 1.165) is 142 Å². The molecule has 5 saturated carbocycles. The van der Waals surface area contributed by atoms with Gasteiger partial charge in [0.2, 0.25) is 0 Å². The Morgan fingerprint density at radius 1 is 0.402 bits per heavy atom. The van der Waals surface area contributed by atoms with Crippen LogP contribution in [0.3, 0.4) is 0 Å². The van der Waals surface area contributed by atoms with Crippen LogP contribution in [0.5, 0.6) is 57.5 Å². The van der Waals surface area contributed by atoms with Crippen molar-refractivity contribution in [3.63, 3.8) is 0 Å². The molecule has 10 aliphatic heterocycles. The number of carbonyl (C=O) groups is 5. The first-order valence-electron chi connectivity index (χ1n) is 41.1. The normalized spacial score (nSPS) is 40.0. The number of Topliss-reactive ketones (excluding diaryl/α,β-unsaturated/α-hetero) is 5. The van der Waals surface area contributed by atoms with Gasteiger partial charge in [0.1, 0.15) is 0 Å². The van der Waals surface area contributed by atoms with Gasteiger partial charge in [-0.3, -0.25) is 28.9 Å². The van der Waals surface area contributed by atoms with Gasteiger partial charge in [-0.05, 0) is 221 Å². The molecule has 23 heteroatoms. The second-order valence-corrected chi connectivity index (χ2v) is 36.6. The highest BCUT2D eigenvalue weighted by Crippen LogP contribution is 2.70. The lowest BCUT2D eigenvalue weighted by molar-refractivity contribution is -0.187. The quantitative estimate of drug-likeness (QED) is 0.103. The van der Waals surface area contributed by atoms with Gasteiger partial charge in [0.05, 0.1) is 47.3 Å². The fourth-order valence-corrected chi connectivity index (χ4v) is 28.2. The summed E-state index contributed by atoms with van der Waals surface area (Å²) in [6, 6.07) is 20.1. The first kappa shape index (κ1) is 71.6. The zero-order chi connectivity index (χ0) is 77.4. The highest BCUT2D eigenvalue weighted by atomic mass is 16.5. The van der Waals surface area contributed by atoms with E-state index in [9.17, 15) is 54.6 Å². The topological polar surface area (TPSA) is 288 Å². The average Bonchev–Trinajstić information content (AvgIpc) is 2.23. The Kier molecular flexibility index (Phi) is 15.5. The number of benzene rings is 5. The smallest absolute Gasteiger partial charge is 0.174 e. The van der Waals surface area contributed by atoms with Gasteiger partial charge < -0.3 is 83.4 Å². The van der Waals surface area contributed by atoms with Gasteiger partial charge in [-0.2, -0.15) is 0 Å². The molecule has 112 heavy (non-hydrogen) atoms. The number of methoxy groups -OCH3 is 2. The number of hydrogen-bond acceptors (Lipinski definition) is 23. The third-order valence-electron chi connectivity index (χ3n) is 33.0. The van der Waals surface area contributed by atoms with Crippen molar-refractivity contribution < 1.29 is 87.8 Å². The number of piperidine rings is 5. The maximum Gasteiger partial charge on any atom is 0.174 e. The Labute approximate surface area is 651 Å². The minimum atomic E-state index is -1.00. The molecule has 5 aromatic rings. The predicted molar refractivity (Wildman–Crippen MR) is 407 cm³/mol. The number of ketones is 5. The lowest BCUT2D eigenvalue weighted by atomic mass is 9.49. The molecule has 10 aliphatic carbocycles. The van der Waals surface area contributed by atoms with E-state index in [0.29, 0.717) is 123 Å².